The molecule has 0 amide bonds. The fourth-order valence-electron chi connectivity index (χ4n) is 1.02. The standard InChI is InChI=1S/C10H10BrClO3S/c1-3-7(2)15-9-5-4-8(11)6-10(9)16(12,13)14/h3-7H,1H2,2H3. The highest BCUT2D eigenvalue weighted by molar-refractivity contribution is 9.10. The molecule has 0 fully saturated rings. The lowest BCUT2D eigenvalue weighted by Gasteiger charge is -2.13. The van der Waals surface area contributed by atoms with Crippen molar-refractivity contribution >= 4 is 35.7 Å². The Morgan fingerprint density at radius 1 is 1.56 bits per heavy atom. The molecule has 1 aromatic carbocycles. The molecule has 16 heavy (non-hydrogen) atoms. The minimum absolute atomic E-state index is 0.0581. The maximum Gasteiger partial charge on any atom is 0.265 e. The molecule has 0 radical (unpaired) electrons. The van der Waals surface area contributed by atoms with Crippen LogP contribution in [0.1, 0.15) is 6.92 Å². The van der Waals surface area contributed by atoms with E-state index >= 15 is 0 Å². The second-order valence-corrected chi connectivity index (χ2v) is 6.54. The average Bonchev–Trinajstić information content (AvgIpc) is 2.19. The molecule has 0 heterocycles. The Morgan fingerprint density at radius 2 is 2.19 bits per heavy atom. The van der Waals surface area contributed by atoms with Crippen LogP contribution in [0.25, 0.3) is 0 Å². The second-order valence-electron chi connectivity index (χ2n) is 3.09. The van der Waals surface area contributed by atoms with Crippen molar-refractivity contribution in [2.45, 2.75) is 17.9 Å². The zero-order chi connectivity index (χ0) is 12.3. The predicted octanol–water partition coefficient (Wildman–Crippen LogP) is 3.33. The molecule has 0 aliphatic carbocycles. The normalized spacial score (nSPS) is 13.2. The molecule has 0 saturated carbocycles. The first-order valence-electron chi connectivity index (χ1n) is 4.38. The summed E-state index contributed by atoms with van der Waals surface area (Å²) >= 11 is 3.17. The summed E-state index contributed by atoms with van der Waals surface area (Å²) in [7, 11) is 1.48. The Balaban J connectivity index is 3.23. The summed E-state index contributed by atoms with van der Waals surface area (Å²) in [4.78, 5) is -0.0581. The Hall–Kier alpha value is -0.520. The van der Waals surface area contributed by atoms with Crippen molar-refractivity contribution in [2.24, 2.45) is 0 Å². The third-order valence-corrected chi connectivity index (χ3v) is 3.65. The molecule has 0 saturated heterocycles. The highest BCUT2D eigenvalue weighted by Gasteiger charge is 2.18. The van der Waals surface area contributed by atoms with Gasteiger partial charge in [-0.3, -0.25) is 0 Å². The van der Waals surface area contributed by atoms with E-state index < -0.39 is 9.05 Å². The third kappa shape index (κ3) is 3.50. The number of benzene rings is 1. The van der Waals surface area contributed by atoms with E-state index in [-0.39, 0.29) is 16.7 Å². The van der Waals surface area contributed by atoms with Gasteiger partial charge in [-0.1, -0.05) is 28.6 Å². The van der Waals surface area contributed by atoms with Crippen LogP contribution in [0.2, 0.25) is 0 Å². The lowest BCUT2D eigenvalue weighted by atomic mass is 10.3. The molecular formula is C10H10BrClO3S. The summed E-state index contributed by atoms with van der Waals surface area (Å²) in [5.74, 6) is 0.214. The summed E-state index contributed by atoms with van der Waals surface area (Å²) in [5.41, 5.74) is 0. The van der Waals surface area contributed by atoms with Crippen molar-refractivity contribution in [2.75, 3.05) is 0 Å². The largest absolute Gasteiger partial charge is 0.485 e. The summed E-state index contributed by atoms with van der Waals surface area (Å²) < 4.78 is 28.6. The SMILES string of the molecule is C=CC(C)Oc1ccc(Br)cc1S(=O)(=O)Cl. The van der Waals surface area contributed by atoms with Crippen molar-refractivity contribution in [3.05, 3.63) is 35.3 Å². The van der Waals surface area contributed by atoms with Gasteiger partial charge in [0.2, 0.25) is 0 Å². The maximum atomic E-state index is 11.3. The minimum atomic E-state index is -3.83. The van der Waals surface area contributed by atoms with E-state index in [1.54, 1.807) is 25.1 Å². The van der Waals surface area contributed by atoms with Gasteiger partial charge < -0.3 is 4.74 Å². The van der Waals surface area contributed by atoms with Crippen molar-refractivity contribution in [3.8, 4) is 5.75 Å². The molecule has 88 valence electrons. The van der Waals surface area contributed by atoms with Crippen LogP contribution in [0, 0.1) is 0 Å². The molecule has 1 atom stereocenters. The Labute approximate surface area is 108 Å². The fraction of sp³-hybridized carbons (Fsp3) is 0.200. The Kier molecular flexibility index (Phi) is 4.41. The van der Waals surface area contributed by atoms with Gasteiger partial charge in [0.1, 0.15) is 16.7 Å². The molecule has 0 N–H and O–H groups in total. The smallest absolute Gasteiger partial charge is 0.265 e. The van der Waals surface area contributed by atoms with E-state index in [9.17, 15) is 8.42 Å². The zero-order valence-electron chi connectivity index (χ0n) is 8.48. The molecule has 0 aliphatic rings. The molecule has 0 spiro atoms. The van der Waals surface area contributed by atoms with Crippen molar-refractivity contribution in [3.63, 3.8) is 0 Å². The number of hydrogen-bond acceptors (Lipinski definition) is 3. The van der Waals surface area contributed by atoms with Gasteiger partial charge >= 0.3 is 0 Å². The Morgan fingerprint density at radius 3 is 2.69 bits per heavy atom. The fourth-order valence-corrected chi connectivity index (χ4v) is 2.52. The van der Waals surface area contributed by atoms with Gasteiger partial charge in [0, 0.05) is 15.2 Å². The molecule has 1 rings (SSSR count). The molecule has 1 aromatic rings. The summed E-state index contributed by atoms with van der Waals surface area (Å²) in [6, 6.07) is 4.61. The van der Waals surface area contributed by atoms with Crippen LogP contribution in [0.15, 0.2) is 40.2 Å². The lowest BCUT2D eigenvalue weighted by molar-refractivity contribution is 0.263. The number of halogens is 2. The lowest BCUT2D eigenvalue weighted by Crippen LogP contribution is -2.09. The van der Waals surface area contributed by atoms with Gasteiger partial charge in [0.25, 0.3) is 9.05 Å². The van der Waals surface area contributed by atoms with E-state index in [2.05, 4.69) is 22.5 Å². The molecule has 0 aromatic heterocycles. The van der Waals surface area contributed by atoms with E-state index in [0.717, 1.165) is 0 Å². The molecule has 3 nitrogen and oxygen atoms in total. The van der Waals surface area contributed by atoms with Crippen LogP contribution in [0.4, 0.5) is 0 Å². The Bertz CT molecular complexity index is 499. The van der Waals surface area contributed by atoms with Gasteiger partial charge in [-0.25, -0.2) is 8.42 Å². The molecule has 0 bridgehead atoms. The van der Waals surface area contributed by atoms with Gasteiger partial charge in [-0.05, 0) is 25.1 Å². The summed E-state index contributed by atoms with van der Waals surface area (Å²) in [6.45, 7) is 5.30. The van der Waals surface area contributed by atoms with Crippen LogP contribution in [-0.2, 0) is 9.05 Å². The first kappa shape index (κ1) is 13.5. The molecule has 1 unspecified atom stereocenters. The zero-order valence-corrected chi connectivity index (χ0v) is 11.6. The van der Waals surface area contributed by atoms with Gasteiger partial charge in [0.15, 0.2) is 0 Å². The second kappa shape index (κ2) is 5.21. The average molecular weight is 326 g/mol. The van der Waals surface area contributed by atoms with Crippen LogP contribution in [-0.4, -0.2) is 14.5 Å². The maximum absolute atomic E-state index is 11.3. The van der Waals surface area contributed by atoms with Crippen LogP contribution in [0.5, 0.6) is 5.75 Å². The topological polar surface area (TPSA) is 43.4 Å². The quantitative estimate of drug-likeness (QED) is 0.630. The number of rotatable bonds is 4. The van der Waals surface area contributed by atoms with Crippen molar-refractivity contribution < 1.29 is 13.2 Å². The van der Waals surface area contributed by atoms with Gasteiger partial charge in [-0.15, -0.1) is 0 Å². The first-order valence-corrected chi connectivity index (χ1v) is 7.48. The predicted molar refractivity (Wildman–Crippen MR) is 67.5 cm³/mol. The van der Waals surface area contributed by atoms with E-state index in [4.69, 9.17) is 15.4 Å². The van der Waals surface area contributed by atoms with E-state index in [1.807, 2.05) is 0 Å². The van der Waals surface area contributed by atoms with Gasteiger partial charge in [0.05, 0.1) is 0 Å². The molecular weight excluding hydrogens is 316 g/mol. The highest BCUT2D eigenvalue weighted by atomic mass is 79.9. The van der Waals surface area contributed by atoms with E-state index in [0.29, 0.717) is 4.47 Å². The summed E-state index contributed by atoms with van der Waals surface area (Å²) in [5, 5.41) is 0. The third-order valence-electron chi connectivity index (χ3n) is 1.81. The number of hydrogen-bond donors (Lipinski definition) is 0. The van der Waals surface area contributed by atoms with Crippen molar-refractivity contribution in [1.82, 2.24) is 0 Å². The van der Waals surface area contributed by atoms with Gasteiger partial charge in [-0.2, -0.15) is 0 Å². The van der Waals surface area contributed by atoms with Crippen LogP contribution >= 0.6 is 26.6 Å². The first-order chi connectivity index (χ1) is 7.34. The van der Waals surface area contributed by atoms with Crippen LogP contribution in [0.3, 0.4) is 0 Å². The van der Waals surface area contributed by atoms with Crippen LogP contribution < -0.4 is 4.74 Å². The molecule has 0 aliphatic heterocycles. The molecule has 6 heteroatoms. The minimum Gasteiger partial charge on any atom is -0.485 e. The highest BCUT2D eigenvalue weighted by Crippen LogP contribution is 2.30. The monoisotopic (exact) mass is 324 g/mol. The summed E-state index contributed by atoms with van der Waals surface area (Å²) in [6.07, 6.45) is 1.27. The van der Waals surface area contributed by atoms with E-state index in [1.165, 1.54) is 6.07 Å². The van der Waals surface area contributed by atoms with Crippen molar-refractivity contribution in [1.29, 1.82) is 0 Å². The number of ether oxygens (including phenoxy) is 1.